The fourth-order valence-electron chi connectivity index (χ4n) is 2.54. The fourth-order valence-corrected chi connectivity index (χ4v) is 2.54. The lowest BCUT2D eigenvalue weighted by atomic mass is 9.96. The summed E-state index contributed by atoms with van der Waals surface area (Å²) in [6.45, 7) is 4.50. The van der Waals surface area contributed by atoms with E-state index in [0.29, 0.717) is 0 Å². The zero-order valence-electron chi connectivity index (χ0n) is 10.3. The van der Waals surface area contributed by atoms with E-state index in [-0.39, 0.29) is 0 Å². The lowest BCUT2D eigenvalue weighted by Gasteiger charge is -2.15. The van der Waals surface area contributed by atoms with Crippen LogP contribution in [0.3, 0.4) is 0 Å². The van der Waals surface area contributed by atoms with E-state index in [4.69, 9.17) is 4.74 Å². The van der Waals surface area contributed by atoms with Crippen LogP contribution >= 0.6 is 0 Å². The van der Waals surface area contributed by atoms with Gasteiger partial charge < -0.3 is 10.1 Å². The number of ether oxygens (including phenoxy) is 1. The minimum Gasteiger partial charge on any atom is -0.496 e. The molecular weight excluding hydrogens is 198 g/mol. The molecule has 2 rings (SSSR count). The summed E-state index contributed by atoms with van der Waals surface area (Å²) in [4.78, 5) is 0. The summed E-state index contributed by atoms with van der Waals surface area (Å²) in [6, 6.07) is 6.52. The van der Waals surface area contributed by atoms with Crippen molar-refractivity contribution in [1.29, 1.82) is 0 Å². The first-order chi connectivity index (χ1) is 7.85. The van der Waals surface area contributed by atoms with Gasteiger partial charge in [-0.3, -0.25) is 0 Å². The Balaban J connectivity index is 2.18. The smallest absolute Gasteiger partial charge is 0.125 e. The zero-order valence-corrected chi connectivity index (χ0v) is 10.3. The molecule has 0 amide bonds. The summed E-state index contributed by atoms with van der Waals surface area (Å²) in [5.41, 5.74) is 2.70. The molecule has 0 bridgehead atoms. The van der Waals surface area contributed by atoms with Crippen LogP contribution < -0.4 is 10.1 Å². The molecule has 88 valence electrons. The first-order valence-electron chi connectivity index (χ1n) is 6.20. The predicted octanol–water partition coefficient (Wildman–Crippen LogP) is 2.41. The summed E-state index contributed by atoms with van der Waals surface area (Å²) in [5.74, 6) is 1.89. The predicted molar refractivity (Wildman–Crippen MR) is 67.1 cm³/mol. The molecule has 16 heavy (non-hydrogen) atoms. The van der Waals surface area contributed by atoms with Crippen molar-refractivity contribution in [2.75, 3.05) is 20.2 Å². The Morgan fingerprint density at radius 3 is 2.81 bits per heavy atom. The first kappa shape index (κ1) is 11.5. The third-order valence-electron chi connectivity index (χ3n) is 3.43. The maximum Gasteiger partial charge on any atom is 0.125 e. The van der Waals surface area contributed by atoms with Crippen molar-refractivity contribution in [2.45, 2.75) is 26.2 Å². The van der Waals surface area contributed by atoms with Crippen LogP contribution in [0.5, 0.6) is 5.75 Å². The molecule has 1 N–H and O–H groups in total. The number of hydrogen-bond donors (Lipinski definition) is 1. The third-order valence-corrected chi connectivity index (χ3v) is 3.43. The molecule has 2 nitrogen and oxygen atoms in total. The molecule has 0 radical (unpaired) electrons. The van der Waals surface area contributed by atoms with E-state index in [9.17, 15) is 0 Å². The highest BCUT2D eigenvalue weighted by atomic mass is 16.5. The number of aryl methyl sites for hydroxylation is 1. The van der Waals surface area contributed by atoms with Gasteiger partial charge in [0, 0.05) is 0 Å². The summed E-state index contributed by atoms with van der Waals surface area (Å²) < 4.78 is 5.56. The van der Waals surface area contributed by atoms with Gasteiger partial charge in [-0.15, -0.1) is 0 Å². The molecule has 1 heterocycles. The van der Waals surface area contributed by atoms with Gasteiger partial charge in [-0.25, -0.2) is 0 Å². The number of hydrogen-bond acceptors (Lipinski definition) is 2. The van der Waals surface area contributed by atoms with E-state index < -0.39 is 0 Å². The largest absolute Gasteiger partial charge is 0.496 e. The monoisotopic (exact) mass is 219 g/mol. The van der Waals surface area contributed by atoms with Crippen LogP contribution in [-0.2, 0) is 12.8 Å². The Hall–Kier alpha value is -1.02. The van der Waals surface area contributed by atoms with Crippen LogP contribution in [0, 0.1) is 5.92 Å². The molecule has 0 aliphatic carbocycles. The van der Waals surface area contributed by atoms with Crippen molar-refractivity contribution >= 4 is 0 Å². The standard InChI is InChI=1S/C14H21NO/c1-3-12-5-4-6-13(14(12)16-2)9-11-7-8-15-10-11/h4-6,11,15H,3,7-10H2,1-2H3. The van der Waals surface area contributed by atoms with Crippen LogP contribution in [-0.4, -0.2) is 20.2 Å². The highest BCUT2D eigenvalue weighted by molar-refractivity contribution is 5.41. The van der Waals surface area contributed by atoms with Crippen molar-refractivity contribution in [3.63, 3.8) is 0 Å². The van der Waals surface area contributed by atoms with E-state index in [2.05, 4.69) is 30.4 Å². The highest BCUT2D eigenvalue weighted by Crippen LogP contribution is 2.27. The number of nitrogens with one attached hydrogen (secondary N) is 1. The summed E-state index contributed by atoms with van der Waals surface area (Å²) >= 11 is 0. The van der Waals surface area contributed by atoms with Crippen LogP contribution in [0.25, 0.3) is 0 Å². The van der Waals surface area contributed by atoms with E-state index in [0.717, 1.165) is 31.1 Å². The molecule has 0 saturated carbocycles. The zero-order chi connectivity index (χ0) is 11.4. The molecule has 0 spiro atoms. The molecule has 1 fully saturated rings. The molecule has 2 heteroatoms. The molecule has 1 aliphatic heterocycles. The van der Waals surface area contributed by atoms with Gasteiger partial charge in [-0.1, -0.05) is 25.1 Å². The summed E-state index contributed by atoms with van der Waals surface area (Å²) in [7, 11) is 1.78. The number of benzene rings is 1. The van der Waals surface area contributed by atoms with Crippen molar-refractivity contribution in [3.05, 3.63) is 29.3 Å². The maximum atomic E-state index is 5.56. The second-order valence-corrected chi connectivity index (χ2v) is 4.53. The Bertz CT molecular complexity index is 343. The minimum atomic E-state index is 0.779. The van der Waals surface area contributed by atoms with Gasteiger partial charge in [0.2, 0.25) is 0 Å². The first-order valence-corrected chi connectivity index (χ1v) is 6.20. The van der Waals surface area contributed by atoms with Gasteiger partial charge in [0.25, 0.3) is 0 Å². The van der Waals surface area contributed by atoms with E-state index in [1.807, 2.05) is 0 Å². The molecule has 1 saturated heterocycles. The lowest BCUT2D eigenvalue weighted by Crippen LogP contribution is -2.11. The molecular formula is C14H21NO. The quantitative estimate of drug-likeness (QED) is 0.839. The number of rotatable bonds is 4. The SMILES string of the molecule is CCc1cccc(CC2CCNC2)c1OC. The average Bonchev–Trinajstić information content (AvgIpc) is 2.81. The fraction of sp³-hybridized carbons (Fsp3) is 0.571. The Morgan fingerprint density at radius 2 is 2.19 bits per heavy atom. The molecule has 1 unspecified atom stereocenters. The summed E-state index contributed by atoms with van der Waals surface area (Å²) in [6.07, 6.45) is 3.48. The van der Waals surface area contributed by atoms with Gasteiger partial charge in [-0.05, 0) is 49.4 Å². The summed E-state index contributed by atoms with van der Waals surface area (Å²) in [5, 5.41) is 3.42. The Labute approximate surface area is 98.0 Å². The van der Waals surface area contributed by atoms with Crippen molar-refractivity contribution < 1.29 is 4.74 Å². The molecule has 1 aromatic rings. The van der Waals surface area contributed by atoms with Crippen LogP contribution in [0.2, 0.25) is 0 Å². The number of methoxy groups -OCH3 is 1. The average molecular weight is 219 g/mol. The molecule has 1 aromatic carbocycles. The third kappa shape index (κ3) is 2.38. The highest BCUT2D eigenvalue weighted by Gasteiger charge is 2.17. The van der Waals surface area contributed by atoms with Crippen LogP contribution in [0.1, 0.15) is 24.5 Å². The Morgan fingerprint density at radius 1 is 1.38 bits per heavy atom. The molecule has 1 aliphatic rings. The Kier molecular flexibility index (Phi) is 3.83. The van der Waals surface area contributed by atoms with Gasteiger partial charge in [0.05, 0.1) is 7.11 Å². The van der Waals surface area contributed by atoms with Gasteiger partial charge in [-0.2, -0.15) is 0 Å². The van der Waals surface area contributed by atoms with Gasteiger partial charge in [0.1, 0.15) is 5.75 Å². The van der Waals surface area contributed by atoms with Gasteiger partial charge >= 0.3 is 0 Å². The normalized spacial score (nSPS) is 20.0. The van der Waals surface area contributed by atoms with Crippen molar-refractivity contribution in [3.8, 4) is 5.75 Å². The van der Waals surface area contributed by atoms with Crippen LogP contribution in [0.15, 0.2) is 18.2 Å². The molecule has 0 aromatic heterocycles. The number of para-hydroxylation sites is 1. The maximum absolute atomic E-state index is 5.56. The van der Waals surface area contributed by atoms with Crippen molar-refractivity contribution in [2.24, 2.45) is 5.92 Å². The van der Waals surface area contributed by atoms with Crippen LogP contribution in [0.4, 0.5) is 0 Å². The lowest BCUT2D eigenvalue weighted by molar-refractivity contribution is 0.401. The van der Waals surface area contributed by atoms with Crippen molar-refractivity contribution in [1.82, 2.24) is 5.32 Å². The second kappa shape index (κ2) is 5.35. The topological polar surface area (TPSA) is 21.3 Å². The second-order valence-electron chi connectivity index (χ2n) is 4.53. The minimum absolute atomic E-state index is 0.779. The van der Waals surface area contributed by atoms with E-state index in [1.165, 1.54) is 24.1 Å². The van der Waals surface area contributed by atoms with Gasteiger partial charge in [0.15, 0.2) is 0 Å². The molecule has 1 atom stereocenters. The van der Waals surface area contributed by atoms with E-state index in [1.54, 1.807) is 7.11 Å². The van der Waals surface area contributed by atoms with E-state index >= 15 is 0 Å².